The van der Waals surface area contributed by atoms with E-state index in [1.54, 1.807) is 41.5 Å². The van der Waals surface area contributed by atoms with Gasteiger partial charge in [0.2, 0.25) is 53.2 Å². The Hall–Kier alpha value is -5.26. The molecule has 0 aromatic heterocycles. The maximum Gasteiger partial charge on any atom is 0.246 e. The average molecular weight is 1140 g/mol. The van der Waals surface area contributed by atoms with Crippen molar-refractivity contribution in [2.24, 2.45) is 23.5 Å². The summed E-state index contributed by atoms with van der Waals surface area (Å²) in [7, 11) is 0. The molecule has 1 heterocycles. The highest BCUT2D eigenvalue weighted by atomic mass is 16.3. The molecule has 1 aliphatic rings. The zero-order valence-electron chi connectivity index (χ0n) is 51.1. The molecule has 1 rings (SSSR count). The molecule has 1 fully saturated rings. The number of nitrogens with zero attached hydrogens (tertiary/aromatic N) is 1. The Morgan fingerprint density at radius 3 is 1.81 bits per heavy atom. The van der Waals surface area contributed by atoms with Crippen LogP contribution in [0.3, 0.4) is 0 Å². The zero-order valence-corrected chi connectivity index (χ0v) is 51.1. The molecule has 1 saturated heterocycles. The smallest absolute Gasteiger partial charge is 0.246 e. The Labute approximate surface area is 476 Å². The minimum atomic E-state index is -1.68. The van der Waals surface area contributed by atoms with Gasteiger partial charge in [-0.25, -0.2) is 0 Å². The van der Waals surface area contributed by atoms with Crippen molar-refractivity contribution in [3.05, 3.63) is 0 Å². The minimum absolute atomic E-state index is 0.00531. The number of ketones is 1. The van der Waals surface area contributed by atoms with Gasteiger partial charge in [-0.2, -0.15) is 0 Å². The van der Waals surface area contributed by atoms with Gasteiger partial charge >= 0.3 is 0 Å². The maximum absolute atomic E-state index is 14.1. The van der Waals surface area contributed by atoms with Crippen LogP contribution in [0.25, 0.3) is 0 Å². The molecule has 0 saturated carbocycles. The molecule has 10 atom stereocenters. The lowest BCUT2D eigenvalue weighted by atomic mass is 9.92. The van der Waals surface area contributed by atoms with Gasteiger partial charge in [-0.05, 0) is 105 Å². The highest BCUT2D eigenvalue weighted by Crippen LogP contribution is 2.22. The number of nitrogens with one attached hydrogen (secondary N) is 9. The largest absolute Gasteiger partial charge is 0.395 e. The maximum atomic E-state index is 14.1. The second-order valence-electron chi connectivity index (χ2n) is 24.1. The number of Topliss-reactive ketones (excluding diaryl/α,β-unsaturated/α-hetero) is 1. The van der Waals surface area contributed by atoms with Crippen LogP contribution in [0.15, 0.2) is 0 Å². The van der Waals surface area contributed by atoms with Crippen molar-refractivity contribution >= 4 is 58.9 Å². The standard InChI is InChI=1S/C57H105N11O12/c1-16-19-20-21-22-23-25-41(58)51(77)68-28-24-26-43(68)48(74)62-42(31-35(6)30-40(71)32-39(70)18-3)47(73)61-38(9)46(72)65-55(10,11)53(79)64-45(36(7)17-2)49(75)63-44(34(4)5)50(76)66-57(14,15)54(80)67-56(12,13)52(78)60-37(8)33-59-27-29-69/h34-38,40-45,59,69,71H,16-33,58H2,1-15H3,(H,60,78)(H,61,73)(H,62,74)(H,63,75)(H,64,79)(H,65,72)(H,66,76)(H,67,80)/t35?,36-,37?,38-,40?,41-,42-,43-,44-,45-/m0/s1. The molecular formula is C57H105N11O12. The quantitative estimate of drug-likeness (QED) is 0.0391. The van der Waals surface area contributed by atoms with Crippen LogP contribution in [-0.4, -0.2) is 165 Å². The van der Waals surface area contributed by atoms with Crippen LogP contribution in [0.5, 0.6) is 0 Å². The summed E-state index contributed by atoms with van der Waals surface area (Å²) in [6.45, 7) is 25.4. The van der Waals surface area contributed by atoms with Crippen LogP contribution in [0.2, 0.25) is 0 Å². The number of aliphatic hydroxyl groups is 2. The molecule has 0 radical (unpaired) electrons. The molecule has 3 unspecified atom stereocenters. The van der Waals surface area contributed by atoms with Crippen LogP contribution in [-0.2, 0) is 47.9 Å². The van der Waals surface area contributed by atoms with Gasteiger partial charge in [0, 0.05) is 38.5 Å². The second kappa shape index (κ2) is 34.9. The Kier molecular flexibility index (Phi) is 31.7. The number of likely N-dealkylation sites (tertiary alicyclic amines) is 1. The fraction of sp³-hybridized carbons (Fsp3) is 0.825. The summed E-state index contributed by atoms with van der Waals surface area (Å²) in [5.74, 6) is -7.30. The lowest BCUT2D eigenvalue weighted by Crippen LogP contribution is -2.66. The summed E-state index contributed by atoms with van der Waals surface area (Å²) >= 11 is 0. The van der Waals surface area contributed by atoms with Gasteiger partial charge in [0.05, 0.1) is 18.8 Å². The van der Waals surface area contributed by atoms with E-state index in [1.807, 2.05) is 6.92 Å². The molecule has 80 heavy (non-hydrogen) atoms. The van der Waals surface area contributed by atoms with E-state index in [-0.39, 0.29) is 50.0 Å². The topological polar surface area (TPSA) is 349 Å². The van der Waals surface area contributed by atoms with Crippen molar-refractivity contribution in [2.45, 2.75) is 259 Å². The number of hydrogen-bond acceptors (Lipinski definition) is 14. The average Bonchev–Trinajstić information content (AvgIpc) is 3.87. The van der Waals surface area contributed by atoms with E-state index in [4.69, 9.17) is 10.8 Å². The number of carbonyl (C=O) groups is 10. The fourth-order valence-electron chi connectivity index (χ4n) is 9.18. The SMILES string of the molecule is CCCCCCCC[C@H](N)C(=O)N1CCC[C@H]1C(=O)N[C@@H](CC(C)CC(O)CC(=O)CC)C(=O)N[C@@H](C)C(=O)NC(C)(C)C(=O)N[C@H](C(=O)N[C@H](C(=O)NC(C)(C)C(=O)NC(C)(C)C(=O)NC(C)CNCCO)C(C)C)[C@@H](C)CC. The predicted molar refractivity (Wildman–Crippen MR) is 307 cm³/mol. The number of amides is 9. The van der Waals surface area contributed by atoms with E-state index in [0.29, 0.717) is 45.3 Å². The first-order valence-electron chi connectivity index (χ1n) is 29.3. The summed E-state index contributed by atoms with van der Waals surface area (Å²) in [6, 6.07) is -6.92. The van der Waals surface area contributed by atoms with Gasteiger partial charge in [-0.3, -0.25) is 47.9 Å². The number of hydrogen-bond donors (Lipinski definition) is 12. The third-order valence-electron chi connectivity index (χ3n) is 14.7. The molecule has 460 valence electrons. The molecule has 13 N–H and O–H groups in total. The van der Waals surface area contributed by atoms with Crippen LogP contribution in [0, 0.1) is 17.8 Å². The molecular weight excluding hydrogens is 1030 g/mol. The Morgan fingerprint density at radius 2 is 1.23 bits per heavy atom. The van der Waals surface area contributed by atoms with Gasteiger partial charge < -0.3 is 68.7 Å². The summed E-state index contributed by atoms with van der Waals surface area (Å²) < 4.78 is 0. The normalized spacial score (nSPS) is 17.3. The van der Waals surface area contributed by atoms with Crippen molar-refractivity contribution in [3.63, 3.8) is 0 Å². The van der Waals surface area contributed by atoms with Crippen molar-refractivity contribution in [2.75, 3.05) is 26.2 Å². The van der Waals surface area contributed by atoms with Gasteiger partial charge in [-0.15, -0.1) is 0 Å². The van der Waals surface area contributed by atoms with Crippen molar-refractivity contribution < 1.29 is 58.2 Å². The number of nitrogens with two attached hydrogens (primary N) is 1. The molecule has 1 aliphatic heterocycles. The Balaban J connectivity index is 3.22. The lowest BCUT2D eigenvalue weighted by molar-refractivity contribution is -0.141. The first-order chi connectivity index (χ1) is 37.2. The summed E-state index contributed by atoms with van der Waals surface area (Å²) in [5, 5.41) is 44.5. The first kappa shape index (κ1) is 72.8. The van der Waals surface area contributed by atoms with E-state index in [0.717, 1.165) is 38.5 Å². The highest BCUT2D eigenvalue weighted by Gasteiger charge is 2.42. The lowest BCUT2D eigenvalue weighted by Gasteiger charge is -2.35. The van der Waals surface area contributed by atoms with Crippen LogP contribution in [0.1, 0.15) is 194 Å². The van der Waals surface area contributed by atoms with Crippen LogP contribution >= 0.6 is 0 Å². The molecule has 0 aliphatic carbocycles. The van der Waals surface area contributed by atoms with Gasteiger partial charge in [-0.1, -0.05) is 93.4 Å². The number of aliphatic hydroxyl groups excluding tert-OH is 2. The number of unbranched alkanes of at least 4 members (excludes halogenated alkanes) is 5. The monoisotopic (exact) mass is 1140 g/mol. The van der Waals surface area contributed by atoms with Gasteiger partial charge in [0.15, 0.2) is 0 Å². The fourth-order valence-corrected chi connectivity index (χ4v) is 9.18. The van der Waals surface area contributed by atoms with Gasteiger partial charge in [0.1, 0.15) is 52.6 Å². The van der Waals surface area contributed by atoms with Crippen molar-refractivity contribution in [1.29, 1.82) is 0 Å². The molecule has 0 spiro atoms. The molecule has 0 bridgehead atoms. The first-order valence-corrected chi connectivity index (χ1v) is 29.3. The highest BCUT2D eigenvalue weighted by molar-refractivity contribution is 6.00. The van der Waals surface area contributed by atoms with E-state index in [9.17, 15) is 53.1 Å². The third-order valence-corrected chi connectivity index (χ3v) is 14.7. The van der Waals surface area contributed by atoms with Crippen molar-refractivity contribution in [3.8, 4) is 0 Å². The van der Waals surface area contributed by atoms with Crippen LogP contribution in [0.4, 0.5) is 0 Å². The zero-order chi connectivity index (χ0) is 61.3. The number of rotatable bonds is 38. The minimum Gasteiger partial charge on any atom is -0.395 e. The molecule has 23 nitrogen and oxygen atoms in total. The van der Waals surface area contributed by atoms with E-state index in [1.165, 1.54) is 53.4 Å². The Morgan fingerprint density at radius 1 is 0.650 bits per heavy atom. The predicted octanol–water partition coefficient (Wildman–Crippen LogP) is 1.63. The summed E-state index contributed by atoms with van der Waals surface area (Å²) in [6.07, 6.45) is 7.29. The van der Waals surface area contributed by atoms with Gasteiger partial charge in [0.25, 0.3) is 0 Å². The van der Waals surface area contributed by atoms with Crippen molar-refractivity contribution in [1.82, 2.24) is 52.8 Å². The molecule has 0 aromatic carbocycles. The molecule has 0 aromatic rings. The van der Waals surface area contributed by atoms with Crippen LogP contribution < -0.4 is 53.6 Å². The summed E-state index contributed by atoms with van der Waals surface area (Å²) in [5.41, 5.74) is 1.70. The molecule has 9 amide bonds. The third kappa shape index (κ3) is 24.8. The number of carbonyl (C=O) groups excluding carboxylic acids is 10. The molecule has 23 heteroatoms. The van der Waals surface area contributed by atoms with E-state index in [2.05, 4.69) is 54.8 Å². The van der Waals surface area contributed by atoms with E-state index < -0.39 is 124 Å². The second-order valence-corrected chi connectivity index (χ2v) is 24.1. The Bertz CT molecular complexity index is 2050. The van der Waals surface area contributed by atoms with E-state index >= 15 is 0 Å². The summed E-state index contributed by atoms with van der Waals surface area (Å²) in [4.78, 5) is 138.